The van der Waals surface area contributed by atoms with Gasteiger partial charge in [-0.05, 0) is 39.8 Å². The van der Waals surface area contributed by atoms with Crippen molar-refractivity contribution in [3.63, 3.8) is 0 Å². The van der Waals surface area contributed by atoms with E-state index in [0.29, 0.717) is 13.0 Å². The fraction of sp³-hybridized carbons (Fsp3) is 0.750. The van der Waals surface area contributed by atoms with E-state index >= 15 is 0 Å². The van der Waals surface area contributed by atoms with E-state index in [4.69, 9.17) is 0 Å². The minimum atomic E-state index is -0.416. The number of nitrogens with zero attached hydrogens (tertiary/aromatic N) is 3. The van der Waals surface area contributed by atoms with Crippen LogP contribution in [0.2, 0.25) is 0 Å². The molecular weight excluding hydrogens is 230 g/mol. The number of rotatable bonds is 5. The molecule has 0 unspecified atom stereocenters. The average Bonchev–Trinajstić information content (AvgIpc) is 3.02. The first kappa shape index (κ1) is 13.0. The number of aromatic nitrogens is 3. The van der Waals surface area contributed by atoms with Crippen molar-refractivity contribution in [2.45, 2.75) is 38.6 Å². The highest BCUT2D eigenvalue weighted by molar-refractivity contribution is 5.85. The van der Waals surface area contributed by atoms with Gasteiger partial charge >= 0.3 is 0 Å². The maximum Gasteiger partial charge on any atom is 0.239 e. The van der Waals surface area contributed by atoms with Crippen LogP contribution in [0.5, 0.6) is 0 Å². The highest BCUT2D eigenvalue weighted by Crippen LogP contribution is 2.20. The summed E-state index contributed by atoms with van der Waals surface area (Å²) >= 11 is 0. The van der Waals surface area contributed by atoms with Crippen LogP contribution in [-0.4, -0.2) is 51.4 Å². The molecule has 1 saturated heterocycles. The summed E-state index contributed by atoms with van der Waals surface area (Å²) in [5.74, 6) is 0.0906. The smallest absolute Gasteiger partial charge is 0.239 e. The van der Waals surface area contributed by atoms with Crippen molar-refractivity contribution in [3.05, 3.63) is 11.9 Å². The molecule has 1 fully saturated rings. The van der Waals surface area contributed by atoms with Crippen LogP contribution in [0.25, 0.3) is 0 Å². The summed E-state index contributed by atoms with van der Waals surface area (Å²) in [4.78, 5) is 14.4. The molecule has 0 radical (unpaired) electrons. The van der Waals surface area contributed by atoms with Crippen molar-refractivity contribution in [2.75, 3.05) is 19.6 Å². The second kappa shape index (κ2) is 5.48. The lowest BCUT2D eigenvalue weighted by atomic mass is 10.0. The SMILES string of the molecule is CC(C)(C(=O)NCCc1cn[nH]n1)N1CCCC1. The van der Waals surface area contributed by atoms with Crippen LogP contribution >= 0.6 is 0 Å². The van der Waals surface area contributed by atoms with Crippen LogP contribution in [0, 0.1) is 0 Å². The van der Waals surface area contributed by atoms with Crippen LogP contribution in [0.15, 0.2) is 6.20 Å². The maximum atomic E-state index is 12.2. The van der Waals surface area contributed by atoms with Gasteiger partial charge in [0.1, 0.15) is 0 Å². The van der Waals surface area contributed by atoms with Crippen molar-refractivity contribution in [1.29, 1.82) is 0 Å². The molecule has 2 N–H and O–H groups in total. The van der Waals surface area contributed by atoms with E-state index in [1.54, 1.807) is 6.20 Å². The zero-order valence-electron chi connectivity index (χ0n) is 11.1. The fourth-order valence-electron chi connectivity index (χ4n) is 2.29. The van der Waals surface area contributed by atoms with Crippen molar-refractivity contribution in [2.24, 2.45) is 0 Å². The molecule has 2 heterocycles. The van der Waals surface area contributed by atoms with E-state index in [2.05, 4.69) is 25.6 Å². The minimum absolute atomic E-state index is 0.0906. The van der Waals surface area contributed by atoms with Crippen molar-refractivity contribution >= 4 is 5.91 Å². The van der Waals surface area contributed by atoms with E-state index in [9.17, 15) is 4.79 Å². The third-order valence-corrected chi connectivity index (χ3v) is 3.58. The molecule has 6 nitrogen and oxygen atoms in total. The molecule has 2 rings (SSSR count). The van der Waals surface area contributed by atoms with Gasteiger partial charge in [-0.3, -0.25) is 9.69 Å². The molecule has 1 aromatic heterocycles. The van der Waals surface area contributed by atoms with Gasteiger partial charge in [0.15, 0.2) is 0 Å². The first-order chi connectivity index (χ1) is 8.60. The molecule has 6 heteroatoms. The first-order valence-electron chi connectivity index (χ1n) is 6.48. The third kappa shape index (κ3) is 2.87. The Morgan fingerprint density at radius 2 is 2.22 bits per heavy atom. The minimum Gasteiger partial charge on any atom is -0.354 e. The van der Waals surface area contributed by atoms with Crippen LogP contribution in [0.1, 0.15) is 32.4 Å². The average molecular weight is 251 g/mol. The van der Waals surface area contributed by atoms with E-state index in [-0.39, 0.29) is 5.91 Å². The molecule has 0 atom stereocenters. The van der Waals surface area contributed by atoms with Crippen molar-refractivity contribution in [1.82, 2.24) is 25.6 Å². The van der Waals surface area contributed by atoms with Crippen LogP contribution in [0.4, 0.5) is 0 Å². The van der Waals surface area contributed by atoms with Gasteiger partial charge < -0.3 is 5.32 Å². The number of hydrogen-bond donors (Lipinski definition) is 2. The van der Waals surface area contributed by atoms with Crippen molar-refractivity contribution < 1.29 is 4.79 Å². The van der Waals surface area contributed by atoms with Gasteiger partial charge in [-0.25, -0.2) is 0 Å². The number of carbonyl (C=O) groups is 1. The number of amides is 1. The molecule has 1 amide bonds. The molecule has 100 valence electrons. The summed E-state index contributed by atoms with van der Waals surface area (Å²) in [5, 5.41) is 13.2. The number of likely N-dealkylation sites (tertiary alicyclic amines) is 1. The summed E-state index contributed by atoms with van der Waals surface area (Å²) in [6, 6.07) is 0. The topological polar surface area (TPSA) is 73.9 Å². The third-order valence-electron chi connectivity index (χ3n) is 3.58. The zero-order chi connectivity index (χ0) is 13.0. The molecular formula is C12H21N5O. The van der Waals surface area contributed by atoms with Gasteiger partial charge in [-0.1, -0.05) is 0 Å². The van der Waals surface area contributed by atoms with E-state index in [1.807, 2.05) is 13.8 Å². The summed E-state index contributed by atoms with van der Waals surface area (Å²) in [6.07, 6.45) is 4.77. The second-order valence-corrected chi connectivity index (χ2v) is 5.22. The number of H-pyrrole nitrogens is 1. The Hall–Kier alpha value is -1.43. The Kier molecular flexibility index (Phi) is 3.96. The maximum absolute atomic E-state index is 12.2. The summed E-state index contributed by atoms with van der Waals surface area (Å²) in [7, 11) is 0. The van der Waals surface area contributed by atoms with E-state index in [0.717, 1.165) is 18.8 Å². The molecule has 1 aliphatic rings. The van der Waals surface area contributed by atoms with E-state index < -0.39 is 5.54 Å². The molecule has 0 saturated carbocycles. The molecule has 18 heavy (non-hydrogen) atoms. The normalized spacial score (nSPS) is 17.0. The Bertz CT molecular complexity index is 381. The number of aromatic amines is 1. The van der Waals surface area contributed by atoms with Gasteiger partial charge in [0.2, 0.25) is 5.91 Å². The Morgan fingerprint density at radius 1 is 1.50 bits per heavy atom. The monoisotopic (exact) mass is 251 g/mol. The number of hydrogen-bond acceptors (Lipinski definition) is 4. The van der Waals surface area contributed by atoms with Gasteiger partial charge in [0.05, 0.1) is 17.4 Å². The van der Waals surface area contributed by atoms with Crippen LogP contribution in [-0.2, 0) is 11.2 Å². The van der Waals surface area contributed by atoms with Gasteiger partial charge in [0, 0.05) is 13.0 Å². The molecule has 0 aromatic carbocycles. The van der Waals surface area contributed by atoms with Crippen molar-refractivity contribution in [3.8, 4) is 0 Å². The highest BCUT2D eigenvalue weighted by atomic mass is 16.2. The molecule has 1 aromatic rings. The predicted octanol–water partition coefficient (Wildman–Crippen LogP) is 0.338. The summed E-state index contributed by atoms with van der Waals surface area (Å²) < 4.78 is 0. The fourth-order valence-corrected chi connectivity index (χ4v) is 2.29. The lowest BCUT2D eigenvalue weighted by molar-refractivity contribution is -0.131. The second-order valence-electron chi connectivity index (χ2n) is 5.22. The van der Waals surface area contributed by atoms with Gasteiger partial charge in [-0.15, -0.1) is 0 Å². The van der Waals surface area contributed by atoms with E-state index in [1.165, 1.54) is 12.8 Å². The number of nitrogens with one attached hydrogen (secondary N) is 2. The summed E-state index contributed by atoms with van der Waals surface area (Å²) in [5.41, 5.74) is 0.453. The lowest BCUT2D eigenvalue weighted by Crippen LogP contribution is -2.54. The van der Waals surface area contributed by atoms with Crippen LogP contribution in [0.3, 0.4) is 0 Å². The highest BCUT2D eigenvalue weighted by Gasteiger charge is 2.35. The Morgan fingerprint density at radius 3 is 2.83 bits per heavy atom. The number of carbonyl (C=O) groups excluding carboxylic acids is 1. The zero-order valence-corrected chi connectivity index (χ0v) is 11.1. The Balaban J connectivity index is 1.79. The standard InChI is InChI=1S/C12H21N5O/c1-12(2,17-7-3-4-8-17)11(18)13-6-5-10-9-14-16-15-10/h9H,3-8H2,1-2H3,(H,13,18)(H,14,15,16). The molecule has 0 aliphatic carbocycles. The van der Waals surface area contributed by atoms with Crippen LogP contribution < -0.4 is 5.32 Å². The largest absolute Gasteiger partial charge is 0.354 e. The molecule has 0 bridgehead atoms. The quantitative estimate of drug-likeness (QED) is 0.791. The molecule has 1 aliphatic heterocycles. The van der Waals surface area contributed by atoms with Gasteiger partial charge in [0.25, 0.3) is 0 Å². The summed E-state index contributed by atoms with van der Waals surface area (Å²) in [6.45, 7) is 6.61. The predicted molar refractivity (Wildman–Crippen MR) is 68.0 cm³/mol. The lowest BCUT2D eigenvalue weighted by Gasteiger charge is -2.33. The molecule has 0 spiro atoms. The van der Waals surface area contributed by atoms with Gasteiger partial charge in [-0.2, -0.15) is 15.4 Å². The first-order valence-corrected chi connectivity index (χ1v) is 6.48. The Labute approximate surface area is 107 Å².